The van der Waals surface area contributed by atoms with Crippen LogP contribution in [0.4, 0.5) is 0 Å². The second kappa shape index (κ2) is 6.33. The fourth-order valence-corrected chi connectivity index (χ4v) is 3.09. The van der Waals surface area contributed by atoms with Crippen LogP contribution in [0.5, 0.6) is 0 Å². The van der Waals surface area contributed by atoms with Gasteiger partial charge in [-0.1, -0.05) is 85.1 Å². The van der Waals surface area contributed by atoms with Crippen molar-refractivity contribution in [2.45, 2.75) is 6.82 Å². The van der Waals surface area contributed by atoms with E-state index in [1.807, 2.05) is 6.07 Å². The molecule has 1 aromatic heterocycles. The van der Waals surface area contributed by atoms with Crippen molar-refractivity contribution in [2.24, 2.45) is 0 Å². The SMILES string of the molecule is CBc1ccc(-c2cc(-c3ccccc3)c3ccccc3n2)cc1. The molecule has 0 saturated heterocycles. The van der Waals surface area contributed by atoms with Crippen LogP contribution in [0.1, 0.15) is 0 Å². The molecule has 0 atom stereocenters. The van der Waals surface area contributed by atoms with Gasteiger partial charge in [-0.15, -0.1) is 0 Å². The van der Waals surface area contributed by atoms with Crippen molar-refractivity contribution < 1.29 is 0 Å². The maximum absolute atomic E-state index is 4.89. The Morgan fingerprint density at radius 1 is 0.708 bits per heavy atom. The molecule has 1 nitrogen and oxygen atoms in total. The highest BCUT2D eigenvalue weighted by atomic mass is 14.7. The van der Waals surface area contributed by atoms with Gasteiger partial charge in [-0.25, -0.2) is 4.98 Å². The van der Waals surface area contributed by atoms with E-state index in [9.17, 15) is 0 Å². The summed E-state index contributed by atoms with van der Waals surface area (Å²) in [5.41, 5.74) is 7.03. The maximum Gasteiger partial charge on any atom is 0.154 e. The molecule has 0 unspecified atom stereocenters. The average molecular weight is 307 g/mol. The fraction of sp³-hybridized carbons (Fsp3) is 0.0455. The van der Waals surface area contributed by atoms with E-state index in [1.165, 1.54) is 22.0 Å². The van der Waals surface area contributed by atoms with Crippen LogP contribution in [0, 0.1) is 0 Å². The molecule has 0 fully saturated rings. The molecule has 0 aliphatic rings. The van der Waals surface area contributed by atoms with Gasteiger partial charge < -0.3 is 0 Å². The van der Waals surface area contributed by atoms with Gasteiger partial charge in [-0.05, 0) is 23.3 Å². The maximum atomic E-state index is 4.89. The van der Waals surface area contributed by atoms with E-state index < -0.39 is 0 Å². The number of hydrogen-bond donors (Lipinski definition) is 0. The van der Waals surface area contributed by atoms with Gasteiger partial charge in [0.15, 0.2) is 7.28 Å². The molecule has 2 heteroatoms. The minimum Gasteiger partial charge on any atom is -0.248 e. The van der Waals surface area contributed by atoms with Crippen LogP contribution in [-0.4, -0.2) is 12.3 Å². The molecule has 0 spiro atoms. The van der Waals surface area contributed by atoms with Crippen LogP contribution in [0.3, 0.4) is 0 Å². The molecule has 3 aromatic carbocycles. The summed E-state index contributed by atoms with van der Waals surface area (Å²) in [6.45, 7) is 2.18. The van der Waals surface area contributed by atoms with Gasteiger partial charge in [0.25, 0.3) is 0 Å². The summed E-state index contributed by atoms with van der Waals surface area (Å²) >= 11 is 0. The van der Waals surface area contributed by atoms with Gasteiger partial charge >= 0.3 is 0 Å². The Labute approximate surface area is 143 Å². The summed E-state index contributed by atoms with van der Waals surface area (Å²) in [6, 6.07) is 29.8. The third-order valence-electron chi connectivity index (χ3n) is 4.46. The first-order valence-corrected chi connectivity index (χ1v) is 8.39. The van der Waals surface area contributed by atoms with E-state index >= 15 is 0 Å². The highest BCUT2D eigenvalue weighted by Gasteiger charge is 2.09. The molecular formula is C22H18BN. The van der Waals surface area contributed by atoms with Crippen LogP contribution in [0.25, 0.3) is 33.3 Å². The number of nitrogens with zero attached hydrogens (tertiary/aromatic N) is 1. The summed E-state index contributed by atoms with van der Waals surface area (Å²) in [5.74, 6) is 0. The minimum atomic E-state index is 1.02. The number of benzene rings is 3. The summed E-state index contributed by atoms with van der Waals surface area (Å²) in [4.78, 5) is 4.89. The monoisotopic (exact) mass is 307 g/mol. The molecule has 24 heavy (non-hydrogen) atoms. The highest BCUT2D eigenvalue weighted by molar-refractivity contribution is 6.51. The molecular weight excluding hydrogens is 289 g/mol. The van der Waals surface area contributed by atoms with Crippen LogP contribution in [-0.2, 0) is 0 Å². The van der Waals surface area contributed by atoms with Gasteiger partial charge in [0, 0.05) is 10.9 Å². The molecule has 0 saturated carbocycles. The van der Waals surface area contributed by atoms with Gasteiger partial charge in [0.2, 0.25) is 0 Å². The minimum absolute atomic E-state index is 1.02. The molecule has 1 heterocycles. The first kappa shape index (κ1) is 14.7. The van der Waals surface area contributed by atoms with E-state index in [4.69, 9.17) is 4.98 Å². The molecule has 4 aromatic rings. The lowest BCUT2D eigenvalue weighted by Crippen LogP contribution is -2.08. The molecule has 0 N–H and O–H groups in total. The number of hydrogen-bond acceptors (Lipinski definition) is 1. The summed E-state index contributed by atoms with van der Waals surface area (Å²) in [6.07, 6.45) is 0. The lowest BCUT2D eigenvalue weighted by molar-refractivity contribution is 1.40. The van der Waals surface area contributed by atoms with Gasteiger partial charge in [-0.2, -0.15) is 0 Å². The Bertz CT molecular complexity index is 976. The Hall–Kier alpha value is -2.87. The molecule has 0 bridgehead atoms. The van der Waals surface area contributed by atoms with Gasteiger partial charge in [0.1, 0.15) is 0 Å². The van der Waals surface area contributed by atoms with Crippen molar-refractivity contribution in [3.63, 3.8) is 0 Å². The van der Waals surface area contributed by atoms with Crippen molar-refractivity contribution in [1.82, 2.24) is 4.98 Å². The summed E-state index contributed by atoms with van der Waals surface area (Å²) < 4.78 is 0. The Morgan fingerprint density at radius 3 is 2.17 bits per heavy atom. The molecule has 0 radical (unpaired) electrons. The van der Waals surface area contributed by atoms with Crippen LogP contribution in [0.15, 0.2) is 84.9 Å². The van der Waals surface area contributed by atoms with Crippen LogP contribution >= 0.6 is 0 Å². The average Bonchev–Trinajstić information content (AvgIpc) is 2.68. The van der Waals surface area contributed by atoms with Gasteiger partial charge in [0.05, 0.1) is 11.2 Å². The standard InChI is InChI=1S/C22H18BN/c1-23-18-13-11-17(12-14-18)22-15-20(16-7-3-2-4-8-16)19-9-5-6-10-21(19)24-22/h2-15,23H,1H3. The smallest absolute Gasteiger partial charge is 0.154 e. The van der Waals surface area contributed by atoms with Crippen molar-refractivity contribution in [2.75, 3.05) is 0 Å². The zero-order chi connectivity index (χ0) is 16.4. The van der Waals surface area contributed by atoms with Gasteiger partial charge in [-0.3, -0.25) is 0 Å². The third-order valence-corrected chi connectivity index (χ3v) is 4.46. The van der Waals surface area contributed by atoms with E-state index in [2.05, 4.69) is 85.7 Å². The molecule has 0 aliphatic carbocycles. The number of aromatic nitrogens is 1. The van der Waals surface area contributed by atoms with E-state index in [-0.39, 0.29) is 0 Å². The number of pyridine rings is 1. The Morgan fingerprint density at radius 2 is 1.42 bits per heavy atom. The zero-order valence-electron chi connectivity index (χ0n) is 13.7. The molecule has 114 valence electrons. The predicted molar refractivity (Wildman–Crippen MR) is 105 cm³/mol. The predicted octanol–water partition coefficient (Wildman–Crippen LogP) is 4.68. The molecule has 0 amide bonds. The quantitative estimate of drug-likeness (QED) is 0.501. The summed E-state index contributed by atoms with van der Waals surface area (Å²) in [7, 11) is 1.06. The first-order chi connectivity index (χ1) is 11.8. The van der Waals surface area contributed by atoms with E-state index in [1.54, 1.807) is 0 Å². The number of rotatable bonds is 3. The normalized spacial score (nSPS) is 10.7. The fourth-order valence-electron chi connectivity index (χ4n) is 3.09. The molecule has 0 aliphatic heterocycles. The van der Waals surface area contributed by atoms with Crippen molar-refractivity contribution in [1.29, 1.82) is 0 Å². The molecule has 4 rings (SSSR count). The van der Waals surface area contributed by atoms with E-state index in [0.717, 1.165) is 24.1 Å². The largest absolute Gasteiger partial charge is 0.248 e. The van der Waals surface area contributed by atoms with Crippen molar-refractivity contribution in [3.8, 4) is 22.4 Å². The summed E-state index contributed by atoms with van der Waals surface area (Å²) in [5, 5.41) is 1.19. The zero-order valence-corrected chi connectivity index (χ0v) is 13.7. The Kier molecular flexibility index (Phi) is 3.88. The lowest BCUT2D eigenvalue weighted by Gasteiger charge is -2.10. The Balaban J connectivity index is 1.94. The number of para-hydroxylation sites is 1. The van der Waals surface area contributed by atoms with E-state index in [0.29, 0.717) is 0 Å². The van der Waals surface area contributed by atoms with Crippen molar-refractivity contribution in [3.05, 3.63) is 84.9 Å². The number of fused-ring (bicyclic) bond motifs is 1. The lowest BCUT2D eigenvalue weighted by atomic mass is 9.73. The van der Waals surface area contributed by atoms with Crippen molar-refractivity contribution >= 4 is 23.6 Å². The highest BCUT2D eigenvalue weighted by Crippen LogP contribution is 2.31. The van der Waals surface area contributed by atoms with Crippen LogP contribution < -0.4 is 5.46 Å². The van der Waals surface area contributed by atoms with Crippen LogP contribution in [0.2, 0.25) is 6.82 Å². The third kappa shape index (κ3) is 2.72. The topological polar surface area (TPSA) is 12.9 Å². The second-order valence-corrected chi connectivity index (χ2v) is 5.99. The second-order valence-electron chi connectivity index (χ2n) is 5.99. The first-order valence-electron chi connectivity index (χ1n) is 8.39.